The van der Waals surface area contributed by atoms with Crippen LogP contribution < -0.4 is 14.8 Å². The number of methoxy groups -OCH3 is 1. The van der Waals surface area contributed by atoms with Crippen LogP contribution in [0, 0.1) is 0 Å². The maximum absolute atomic E-state index is 12.0. The molecule has 0 saturated heterocycles. The second kappa shape index (κ2) is 8.57. The van der Waals surface area contributed by atoms with Crippen LogP contribution in [-0.4, -0.2) is 32.2 Å². The number of carbonyl (C=O) groups is 2. The Morgan fingerprint density at radius 3 is 2.38 bits per heavy atom. The van der Waals surface area contributed by atoms with Gasteiger partial charge in [-0.1, -0.05) is 24.3 Å². The largest absolute Gasteiger partial charge is 0.496 e. The molecule has 0 atom stereocenters. The monoisotopic (exact) mass is 329 g/mol. The second-order valence-electron chi connectivity index (χ2n) is 4.75. The lowest BCUT2D eigenvalue weighted by Gasteiger charge is -2.12. The number of rotatable bonds is 7. The number of hydrogen-bond acceptors (Lipinski definition) is 5. The van der Waals surface area contributed by atoms with Crippen LogP contribution in [0.3, 0.4) is 0 Å². The van der Waals surface area contributed by atoms with Crippen LogP contribution in [0.2, 0.25) is 0 Å². The zero-order valence-electron chi connectivity index (χ0n) is 13.6. The molecule has 126 valence electrons. The Bertz CT molecular complexity index is 714. The highest BCUT2D eigenvalue weighted by atomic mass is 16.5. The van der Waals surface area contributed by atoms with Crippen molar-refractivity contribution in [2.24, 2.45) is 0 Å². The second-order valence-corrected chi connectivity index (χ2v) is 4.75. The standard InChI is InChI=1S/C18H19NO5/c1-3-23-16-11-7-5-9-14(16)19-17(20)12-24-18(21)13-8-4-6-10-15(13)22-2/h4-11H,3,12H2,1-2H3,(H,19,20). The molecule has 0 fully saturated rings. The van der Waals surface area contributed by atoms with Crippen molar-refractivity contribution in [1.82, 2.24) is 0 Å². The van der Waals surface area contributed by atoms with Crippen molar-refractivity contribution >= 4 is 17.6 Å². The Kier molecular flexibility index (Phi) is 6.19. The number of benzene rings is 2. The van der Waals surface area contributed by atoms with Crippen molar-refractivity contribution in [2.75, 3.05) is 25.6 Å². The van der Waals surface area contributed by atoms with Crippen molar-refractivity contribution in [2.45, 2.75) is 6.92 Å². The van der Waals surface area contributed by atoms with E-state index >= 15 is 0 Å². The van der Waals surface area contributed by atoms with Crippen molar-refractivity contribution in [3.63, 3.8) is 0 Å². The lowest BCUT2D eigenvalue weighted by atomic mass is 10.2. The van der Waals surface area contributed by atoms with Gasteiger partial charge in [0.1, 0.15) is 17.1 Å². The lowest BCUT2D eigenvalue weighted by Crippen LogP contribution is -2.21. The summed E-state index contributed by atoms with van der Waals surface area (Å²) in [6.07, 6.45) is 0. The number of anilines is 1. The summed E-state index contributed by atoms with van der Waals surface area (Å²) in [5.41, 5.74) is 0.792. The van der Waals surface area contributed by atoms with Gasteiger partial charge < -0.3 is 19.5 Å². The molecule has 6 heteroatoms. The molecule has 0 aliphatic carbocycles. The molecule has 0 heterocycles. The first kappa shape index (κ1) is 17.3. The SMILES string of the molecule is CCOc1ccccc1NC(=O)COC(=O)c1ccccc1OC. The quantitative estimate of drug-likeness (QED) is 0.791. The summed E-state index contributed by atoms with van der Waals surface area (Å²) in [5.74, 6) is -0.125. The van der Waals surface area contributed by atoms with Gasteiger partial charge in [0.25, 0.3) is 5.91 Å². The fourth-order valence-corrected chi connectivity index (χ4v) is 2.06. The molecule has 0 aliphatic heterocycles. The van der Waals surface area contributed by atoms with E-state index in [1.54, 1.807) is 42.5 Å². The number of nitrogens with one attached hydrogen (secondary N) is 1. The van der Waals surface area contributed by atoms with Gasteiger partial charge in [-0.2, -0.15) is 0 Å². The maximum Gasteiger partial charge on any atom is 0.342 e. The molecule has 1 N–H and O–H groups in total. The normalized spacial score (nSPS) is 9.92. The van der Waals surface area contributed by atoms with E-state index in [2.05, 4.69) is 5.32 Å². The molecule has 0 bridgehead atoms. The molecular formula is C18H19NO5. The van der Waals surface area contributed by atoms with Crippen molar-refractivity contribution < 1.29 is 23.8 Å². The zero-order chi connectivity index (χ0) is 17.4. The van der Waals surface area contributed by atoms with Gasteiger partial charge in [-0.15, -0.1) is 0 Å². The molecule has 24 heavy (non-hydrogen) atoms. The van der Waals surface area contributed by atoms with Crippen LogP contribution >= 0.6 is 0 Å². The Balaban J connectivity index is 1.95. The van der Waals surface area contributed by atoms with Crippen LogP contribution in [0.1, 0.15) is 17.3 Å². The number of carbonyl (C=O) groups excluding carboxylic acids is 2. The first-order valence-electron chi connectivity index (χ1n) is 7.47. The van der Waals surface area contributed by atoms with E-state index in [1.807, 2.05) is 13.0 Å². The van der Waals surface area contributed by atoms with Crippen molar-refractivity contribution in [3.8, 4) is 11.5 Å². The number of ether oxygens (including phenoxy) is 3. The molecule has 0 spiro atoms. The Morgan fingerprint density at radius 1 is 1.00 bits per heavy atom. The van der Waals surface area contributed by atoms with E-state index in [4.69, 9.17) is 14.2 Å². The van der Waals surface area contributed by atoms with Gasteiger partial charge in [-0.3, -0.25) is 4.79 Å². The fourth-order valence-electron chi connectivity index (χ4n) is 2.06. The Labute approximate surface area is 140 Å². The maximum atomic E-state index is 12.0. The van der Waals surface area contributed by atoms with E-state index < -0.39 is 18.5 Å². The molecule has 0 unspecified atom stereocenters. The highest BCUT2D eigenvalue weighted by Crippen LogP contribution is 2.23. The average molecular weight is 329 g/mol. The average Bonchev–Trinajstić information content (AvgIpc) is 2.61. The number of hydrogen-bond donors (Lipinski definition) is 1. The van der Waals surface area contributed by atoms with Crippen LogP contribution in [0.25, 0.3) is 0 Å². The highest BCUT2D eigenvalue weighted by molar-refractivity contribution is 5.97. The van der Waals surface area contributed by atoms with Crippen molar-refractivity contribution in [3.05, 3.63) is 54.1 Å². The summed E-state index contributed by atoms with van der Waals surface area (Å²) in [6, 6.07) is 13.7. The van der Waals surface area contributed by atoms with E-state index in [1.165, 1.54) is 7.11 Å². The van der Waals surface area contributed by atoms with Gasteiger partial charge >= 0.3 is 5.97 Å². The Hall–Kier alpha value is -3.02. The van der Waals surface area contributed by atoms with Gasteiger partial charge in [0.15, 0.2) is 6.61 Å². The van der Waals surface area contributed by atoms with Gasteiger partial charge in [0, 0.05) is 0 Å². The van der Waals surface area contributed by atoms with E-state index in [0.717, 1.165) is 0 Å². The summed E-state index contributed by atoms with van der Waals surface area (Å²) < 4.78 is 15.6. The summed E-state index contributed by atoms with van der Waals surface area (Å²) in [4.78, 5) is 24.0. The lowest BCUT2D eigenvalue weighted by molar-refractivity contribution is -0.119. The van der Waals surface area contributed by atoms with E-state index in [-0.39, 0.29) is 5.56 Å². The number of esters is 1. The molecule has 1 amide bonds. The molecule has 2 aromatic rings. The summed E-state index contributed by atoms with van der Waals surface area (Å²) in [5, 5.41) is 2.66. The molecule has 0 radical (unpaired) electrons. The minimum atomic E-state index is -0.624. The van der Waals surface area contributed by atoms with Crippen LogP contribution in [0.4, 0.5) is 5.69 Å². The predicted octanol–water partition coefficient (Wildman–Crippen LogP) is 2.89. The van der Waals surface area contributed by atoms with Gasteiger partial charge in [-0.05, 0) is 31.2 Å². The summed E-state index contributed by atoms with van der Waals surface area (Å²) in [6.45, 7) is 1.93. The molecule has 0 aromatic heterocycles. The third kappa shape index (κ3) is 4.49. The molecule has 0 saturated carbocycles. The van der Waals surface area contributed by atoms with Gasteiger partial charge in [-0.25, -0.2) is 4.79 Å². The minimum absolute atomic E-state index is 0.266. The number of amides is 1. The number of para-hydroxylation sites is 3. The fraction of sp³-hybridized carbons (Fsp3) is 0.222. The minimum Gasteiger partial charge on any atom is -0.496 e. The van der Waals surface area contributed by atoms with Gasteiger partial charge in [0.2, 0.25) is 0 Å². The molecular weight excluding hydrogens is 310 g/mol. The summed E-state index contributed by atoms with van der Waals surface area (Å²) >= 11 is 0. The third-order valence-electron chi connectivity index (χ3n) is 3.12. The summed E-state index contributed by atoms with van der Waals surface area (Å²) in [7, 11) is 1.46. The smallest absolute Gasteiger partial charge is 0.342 e. The van der Waals surface area contributed by atoms with E-state index in [9.17, 15) is 9.59 Å². The first-order valence-corrected chi connectivity index (χ1v) is 7.47. The Morgan fingerprint density at radius 2 is 1.67 bits per heavy atom. The highest BCUT2D eigenvalue weighted by Gasteiger charge is 2.15. The molecule has 0 aliphatic rings. The van der Waals surface area contributed by atoms with Crippen LogP contribution in [-0.2, 0) is 9.53 Å². The molecule has 2 aromatic carbocycles. The van der Waals surface area contributed by atoms with Crippen LogP contribution in [0.15, 0.2) is 48.5 Å². The predicted molar refractivity (Wildman–Crippen MR) is 89.5 cm³/mol. The molecule has 6 nitrogen and oxygen atoms in total. The van der Waals surface area contributed by atoms with Crippen molar-refractivity contribution in [1.29, 1.82) is 0 Å². The van der Waals surface area contributed by atoms with Gasteiger partial charge in [0.05, 0.1) is 19.4 Å². The molecule has 2 rings (SSSR count). The van der Waals surface area contributed by atoms with E-state index in [0.29, 0.717) is 23.8 Å². The zero-order valence-corrected chi connectivity index (χ0v) is 13.6. The third-order valence-corrected chi connectivity index (χ3v) is 3.12. The first-order chi connectivity index (χ1) is 11.7. The topological polar surface area (TPSA) is 73.9 Å². The van der Waals surface area contributed by atoms with Crippen LogP contribution in [0.5, 0.6) is 11.5 Å².